The average Bonchev–Trinajstić information content (AvgIpc) is 2.97. The molecular weight excluding hydrogens is 288 g/mol. The predicted octanol–water partition coefficient (Wildman–Crippen LogP) is 3.57. The Morgan fingerprint density at radius 1 is 1.39 bits per heavy atom. The Hall–Kier alpha value is -1.19. The Morgan fingerprint density at radius 3 is 2.78 bits per heavy atom. The van der Waals surface area contributed by atoms with E-state index in [-0.39, 0.29) is 23.5 Å². The Labute approximate surface area is 139 Å². The summed E-state index contributed by atoms with van der Waals surface area (Å²) in [6.07, 6.45) is 10.8. The number of allylic oxidation sites excluding steroid dienone is 1. The van der Waals surface area contributed by atoms with Crippen LogP contribution in [0.25, 0.3) is 0 Å². The molecule has 0 aromatic carbocycles. The van der Waals surface area contributed by atoms with Gasteiger partial charge in [-0.1, -0.05) is 51.0 Å². The van der Waals surface area contributed by atoms with Gasteiger partial charge in [0.05, 0.1) is 11.7 Å². The Morgan fingerprint density at radius 2 is 2.13 bits per heavy atom. The van der Waals surface area contributed by atoms with Crippen LogP contribution in [0.15, 0.2) is 37.0 Å². The molecule has 0 amide bonds. The van der Waals surface area contributed by atoms with Crippen LogP contribution in [0.5, 0.6) is 0 Å². The number of Topliss-reactive ketones (excluding diaryl/α,β-unsaturated/α-hetero) is 1. The first-order chi connectivity index (χ1) is 10.9. The molecule has 0 radical (unpaired) electrons. The fraction of sp³-hybridized carbons (Fsp3) is 0.650. The highest BCUT2D eigenvalue weighted by Gasteiger charge is 2.49. The van der Waals surface area contributed by atoms with Gasteiger partial charge < -0.3 is 10.2 Å². The number of ketones is 1. The van der Waals surface area contributed by atoms with Crippen molar-refractivity contribution in [3.8, 4) is 0 Å². The molecule has 128 valence electrons. The maximum Gasteiger partial charge on any atom is 0.161 e. The molecule has 2 saturated carbocycles. The summed E-state index contributed by atoms with van der Waals surface area (Å²) in [6.45, 7) is 9.74. The molecule has 1 unspecified atom stereocenters. The monoisotopic (exact) mass is 318 g/mol. The van der Waals surface area contributed by atoms with Gasteiger partial charge in [0.1, 0.15) is 0 Å². The van der Waals surface area contributed by atoms with Crippen molar-refractivity contribution in [2.45, 2.75) is 63.6 Å². The number of carbonyl (C=O) groups excluding carboxylic acids is 1. The minimum absolute atomic E-state index is 0.00657. The molecule has 0 saturated heterocycles. The number of hydrogen-bond donors (Lipinski definition) is 2. The molecule has 2 fully saturated rings. The van der Waals surface area contributed by atoms with Crippen LogP contribution in [0.4, 0.5) is 0 Å². The summed E-state index contributed by atoms with van der Waals surface area (Å²) in [5.41, 5.74) is -0.170. The number of carbonyl (C=O) groups is 1. The summed E-state index contributed by atoms with van der Waals surface area (Å²) in [5, 5.41) is 20.8. The summed E-state index contributed by atoms with van der Waals surface area (Å²) in [6, 6.07) is 0. The fourth-order valence-corrected chi connectivity index (χ4v) is 4.04. The molecule has 3 nitrogen and oxygen atoms in total. The first-order valence-electron chi connectivity index (χ1n) is 8.84. The fourth-order valence-electron chi connectivity index (χ4n) is 4.04. The Bertz CT molecular complexity index is 493. The van der Waals surface area contributed by atoms with Crippen molar-refractivity contribution in [3.05, 3.63) is 37.0 Å². The number of fused-ring (bicyclic) bond motifs is 1. The van der Waals surface area contributed by atoms with Crippen LogP contribution >= 0.6 is 0 Å². The van der Waals surface area contributed by atoms with E-state index in [1.54, 1.807) is 6.08 Å². The standard InChI is InChI=1S/C20H30O3/c1-4-6-7-10-20(23,5-2)11-8-9-15-16-12-14(3)19(22)17(16)13-18(15)21/h5,8-9,15-18,21,23H,2-4,6-7,10-13H2,1H3/t15-,16-,17-,18+,20?/m0/s1. The molecule has 23 heavy (non-hydrogen) atoms. The zero-order chi connectivity index (χ0) is 17.0. The second-order valence-corrected chi connectivity index (χ2v) is 7.22. The Balaban J connectivity index is 1.95. The van der Waals surface area contributed by atoms with E-state index in [9.17, 15) is 15.0 Å². The summed E-state index contributed by atoms with van der Waals surface area (Å²) < 4.78 is 0. The molecule has 0 aliphatic heterocycles. The van der Waals surface area contributed by atoms with Crippen LogP contribution in [0.3, 0.4) is 0 Å². The number of hydrogen-bond acceptors (Lipinski definition) is 3. The van der Waals surface area contributed by atoms with E-state index in [2.05, 4.69) is 20.1 Å². The normalized spacial score (nSPS) is 33.2. The quantitative estimate of drug-likeness (QED) is 0.409. The lowest BCUT2D eigenvalue weighted by atomic mass is 9.88. The SMILES string of the molecule is C=CC(O)(CC=C[C@H]1[C@@H]2CC(=C)C(=O)[C@H]2C[C@H]1O)CCCCC. The molecule has 0 heterocycles. The summed E-state index contributed by atoms with van der Waals surface area (Å²) in [5.74, 6) is 0.244. The van der Waals surface area contributed by atoms with E-state index in [0.717, 1.165) is 19.3 Å². The average molecular weight is 318 g/mol. The smallest absolute Gasteiger partial charge is 0.161 e. The first kappa shape index (κ1) is 18.2. The van der Waals surface area contributed by atoms with Crippen LogP contribution in [0.1, 0.15) is 51.9 Å². The molecule has 0 aromatic rings. The predicted molar refractivity (Wildman–Crippen MR) is 92.9 cm³/mol. The van der Waals surface area contributed by atoms with Crippen LogP contribution in [-0.2, 0) is 4.79 Å². The lowest BCUT2D eigenvalue weighted by Crippen LogP contribution is -2.25. The summed E-state index contributed by atoms with van der Waals surface area (Å²) >= 11 is 0. The molecular formula is C20H30O3. The second kappa shape index (κ2) is 7.59. The third-order valence-electron chi connectivity index (χ3n) is 5.54. The van der Waals surface area contributed by atoms with Gasteiger partial charge in [-0.25, -0.2) is 0 Å². The first-order valence-corrected chi connectivity index (χ1v) is 8.84. The van der Waals surface area contributed by atoms with Gasteiger partial charge in [0.15, 0.2) is 5.78 Å². The molecule has 0 bridgehead atoms. The number of aliphatic hydroxyl groups excluding tert-OH is 1. The van der Waals surface area contributed by atoms with Crippen LogP contribution in [-0.4, -0.2) is 27.7 Å². The number of unbranched alkanes of at least 4 members (excludes halogenated alkanes) is 2. The zero-order valence-corrected chi connectivity index (χ0v) is 14.2. The maximum atomic E-state index is 12.0. The number of aliphatic hydroxyl groups is 2. The molecule has 2 aliphatic rings. The van der Waals surface area contributed by atoms with Gasteiger partial charge in [-0.2, -0.15) is 0 Å². The van der Waals surface area contributed by atoms with Gasteiger partial charge in [0.2, 0.25) is 0 Å². The highest BCUT2D eigenvalue weighted by atomic mass is 16.3. The minimum atomic E-state index is -0.871. The largest absolute Gasteiger partial charge is 0.392 e. The van der Waals surface area contributed by atoms with E-state index >= 15 is 0 Å². The van der Waals surface area contributed by atoms with Crippen LogP contribution in [0, 0.1) is 17.8 Å². The molecule has 0 spiro atoms. The summed E-state index contributed by atoms with van der Waals surface area (Å²) in [4.78, 5) is 12.0. The van der Waals surface area contributed by atoms with E-state index in [4.69, 9.17) is 0 Å². The van der Waals surface area contributed by atoms with E-state index < -0.39 is 11.7 Å². The van der Waals surface area contributed by atoms with Gasteiger partial charge >= 0.3 is 0 Å². The van der Waals surface area contributed by atoms with E-state index in [0.29, 0.717) is 31.3 Å². The van der Waals surface area contributed by atoms with Gasteiger partial charge in [-0.3, -0.25) is 4.79 Å². The zero-order valence-electron chi connectivity index (χ0n) is 14.2. The second-order valence-electron chi connectivity index (χ2n) is 7.22. The van der Waals surface area contributed by atoms with Crippen molar-refractivity contribution in [2.75, 3.05) is 0 Å². The lowest BCUT2D eigenvalue weighted by molar-refractivity contribution is -0.118. The molecule has 0 aromatic heterocycles. The topological polar surface area (TPSA) is 57.5 Å². The van der Waals surface area contributed by atoms with Crippen molar-refractivity contribution in [1.82, 2.24) is 0 Å². The van der Waals surface area contributed by atoms with Crippen molar-refractivity contribution in [2.24, 2.45) is 17.8 Å². The molecule has 5 atom stereocenters. The third-order valence-corrected chi connectivity index (χ3v) is 5.54. The van der Waals surface area contributed by atoms with Crippen molar-refractivity contribution in [3.63, 3.8) is 0 Å². The highest BCUT2D eigenvalue weighted by Crippen LogP contribution is 2.48. The minimum Gasteiger partial charge on any atom is -0.392 e. The van der Waals surface area contributed by atoms with Gasteiger partial charge in [-0.05, 0) is 37.2 Å². The third kappa shape index (κ3) is 4.02. The van der Waals surface area contributed by atoms with Crippen LogP contribution < -0.4 is 0 Å². The molecule has 2 aliphatic carbocycles. The van der Waals surface area contributed by atoms with E-state index in [1.165, 1.54) is 0 Å². The van der Waals surface area contributed by atoms with Gasteiger partial charge in [-0.15, -0.1) is 6.58 Å². The van der Waals surface area contributed by atoms with Crippen LogP contribution in [0.2, 0.25) is 0 Å². The summed E-state index contributed by atoms with van der Waals surface area (Å²) in [7, 11) is 0. The highest BCUT2D eigenvalue weighted by molar-refractivity contribution is 5.99. The van der Waals surface area contributed by atoms with Crippen molar-refractivity contribution < 1.29 is 15.0 Å². The van der Waals surface area contributed by atoms with Gasteiger partial charge in [0.25, 0.3) is 0 Å². The molecule has 2 rings (SSSR count). The van der Waals surface area contributed by atoms with E-state index in [1.807, 2.05) is 12.2 Å². The van der Waals surface area contributed by atoms with Gasteiger partial charge in [0, 0.05) is 11.8 Å². The van der Waals surface area contributed by atoms with Crippen molar-refractivity contribution >= 4 is 5.78 Å². The van der Waals surface area contributed by atoms with Crippen molar-refractivity contribution in [1.29, 1.82) is 0 Å². The maximum absolute atomic E-state index is 12.0. The Kier molecular flexibility index (Phi) is 5.99. The lowest BCUT2D eigenvalue weighted by Gasteiger charge is -2.23. The molecule has 3 heteroatoms. The number of rotatable bonds is 8. The molecule has 2 N–H and O–H groups in total.